The number of rotatable bonds is 0. The summed E-state index contributed by atoms with van der Waals surface area (Å²) in [7, 11) is 0. The first-order valence-electron chi connectivity index (χ1n) is 4.85. The lowest BCUT2D eigenvalue weighted by Crippen LogP contribution is -1.49. The van der Waals surface area contributed by atoms with Gasteiger partial charge in [-0.05, 0) is 40.4 Å². The summed E-state index contributed by atoms with van der Waals surface area (Å²) in [4.78, 5) is 3.11. The van der Waals surface area contributed by atoms with Gasteiger partial charge in [0.2, 0.25) is 0 Å². The van der Waals surface area contributed by atoms with Crippen LogP contribution < -0.4 is 0 Å². The average Bonchev–Trinajstić information content (AvgIpc) is 2.99. The standard InChI is InChI=1S/C6H5NS.C6H4S2/c1-3-7-5-2-4-8-6(1)5;1-3-7-6-2-4-8-5(1)6/h1-4,7H;1-4H. The Morgan fingerprint density at radius 1 is 0.688 bits per heavy atom. The largest absolute Gasteiger partial charge is 0.360 e. The van der Waals surface area contributed by atoms with Gasteiger partial charge in [-0.2, -0.15) is 0 Å². The molecule has 4 aromatic rings. The van der Waals surface area contributed by atoms with Crippen LogP contribution in [-0.4, -0.2) is 4.98 Å². The lowest BCUT2D eigenvalue weighted by atomic mass is 10.5. The van der Waals surface area contributed by atoms with Crippen molar-refractivity contribution < 1.29 is 0 Å². The van der Waals surface area contributed by atoms with Crippen LogP contribution in [0.3, 0.4) is 0 Å². The Morgan fingerprint density at radius 3 is 2.00 bits per heavy atom. The molecule has 0 unspecified atom stereocenters. The second kappa shape index (κ2) is 4.41. The first-order chi connectivity index (χ1) is 7.93. The Morgan fingerprint density at radius 2 is 1.31 bits per heavy atom. The summed E-state index contributed by atoms with van der Waals surface area (Å²) in [5.41, 5.74) is 1.25. The molecule has 0 saturated heterocycles. The summed E-state index contributed by atoms with van der Waals surface area (Å²) in [6, 6.07) is 8.48. The lowest BCUT2D eigenvalue weighted by Gasteiger charge is -1.66. The zero-order chi connectivity index (χ0) is 10.8. The van der Waals surface area contributed by atoms with E-state index >= 15 is 0 Å². The molecule has 16 heavy (non-hydrogen) atoms. The van der Waals surface area contributed by atoms with Crippen LogP contribution in [0.4, 0.5) is 0 Å². The highest BCUT2D eigenvalue weighted by molar-refractivity contribution is 7.25. The minimum Gasteiger partial charge on any atom is -0.360 e. The van der Waals surface area contributed by atoms with Crippen LogP contribution in [0, 0.1) is 0 Å². The molecule has 1 nitrogen and oxygen atoms in total. The predicted molar refractivity (Wildman–Crippen MR) is 75.9 cm³/mol. The molecule has 0 saturated carbocycles. The first kappa shape index (κ1) is 10.1. The molecule has 0 atom stereocenters. The van der Waals surface area contributed by atoms with Gasteiger partial charge < -0.3 is 4.98 Å². The van der Waals surface area contributed by atoms with Gasteiger partial charge in [-0.3, -0.25) is 0 Å². The normalized spacial score (nSPS) is 10.5. The van der Waals surface area contributed by atoms with Crippen molar-refractivity contribution in [1.82, 2.24) is 4.98 Å². The third-order valence-electron chi connectivity index (χ3n) is 2.24. The molecule has 0 aliphatic heterocycles. The highest BCUT2D eigenvalue weighted by atomic mass is 32.1. The molecule has 0 aliphatic rings. The number of nitrogens with one attached hydrogen (secondary N) is 1. The van der Waals surface area contributed by atoms with Gasteiger partial charge in [-0.1, -0.05) is 0 Å². The summed E-state index contributed by atoms with van der Waals surface area (Å²) >= 11 is 5.37. The van der Waals surface area contributed by atoms with E-state index in [2.05, 4.69) is 45.4 Å². The van der Waals surface area contributed by atoms with Gasteiger partial charge in [0.15, 0.2) is 0 Å². The molecule has 0 spiro atoms. The maximum atomic E-state index is 3.11. The van der Waals surface area contributed by atoms with Crippen LogP contribution in [0.15, 0.2) is 46.6 Å². The van der Waals surface area contributed by atoms with Crippen LogP contribution in [0.1, 0.15) is 0 Å². The predicted octanol–water partition coefficient (Wildman–Crippen LogP) is 5.19. The maximum absolute atomic E-state index is 3.11. The number of aromatic amines is 1. The molecule has 4 heterocycles. The average molecular weight is 263 g/mol. The Bertz CT molecular complexity index is 520. The van der Waals surface area contributed by atoms with Crippen LogP contribution >= 0.6 is 34.0 Å². The summed E-state index contributed by atoms with van der Waals surface area (Å²) < 4.78 is 4.16. The van der Waals surface area contributed by atoms with Crippen molar-refractivity contribution in [2.24, 2.45) is 0 Å². The maximum Gasteiger partial charge on any atom is 0.0563 e. The molecule has 0 bridgehead atoms. The Kier molecular flexibility index (Phi) is 2.78. The minimum absolute atomic E-state index is 1.25. The zero-order valence-corrected chi connectivity index (χ0v) is 10.8. The SMILES string of the molecule is c1cc2sccc2[nH]1.c1cc2sccc2s1. The highest BCUT2D eigenvalue weighted by Crippen LogP contribution is 2.25. The number of fused-ring (bicyclic) bond motifs is 2. The Balaban J connectivity index is 0.000000101. The number of hydrogen-bond donors (Lipinski definition) is 1. The summed E-state index contributed by atoms with van der Waals surface area (Å²) in [5, 5.41) is 6.34. The fourth-order valence-corrected chi connectivity index (χ4v) is 4.05. The van der Waals surface area contributed by atoms with Gasteiger partial charge in [0.05, 0.1) is 10.2 Å². The van der Waals surface area contributed by atoms with E-state index < -0.39 is 0 Å². The van der Waals surface area contributed by atoms with Crippen molar-refractivity contribution in [2.45, 2.75) is 0 Å². The third-order valence-corrected chi connectivity index (χ3v) is 5.02. The number of thiophene rings is 3. The van der Waals surface area contributed by atoms with Gasteiger partial charge in [0.25, 0.3) is 0 Å². The summed E-state index contributed by atoms with van der Waals surface area (Å²) in [6.07, 6.45) is 1.96. The van der Waals surface area contributed by atoms with Crippen molar-refractivity contribution in [3.05, 3.63) is 46.6 Å². The monoisotopic (exact) mass is 263 g/mol. The zero-order valence-electron chi connectivity index (χ0n) is 8.34. The Hall–Kier alpha value is -1.10. The molecule has 0 aliphatic carbocycles. The van der Waals surface area contributed by atoms with Crippen molar-refractivity contribution >= 4 is 53.6 Å². The number of H-pyrrole nitrogens is 1. The molecular formula is C12H9NS3. The fraction of sp³-hybridized carbons (Fsp3) is 0. The van der Waals surface area contributed by atoms with Crippen molar-refractivity contribution in [3.63, 3.8) is 0 Å². The van der Waals surface area contributed by atoms with Crippen LogP contribution in [0.5, 0.6) is 0 Å². The quantitative estimate of drug-likeness (QED) is 0.449. The van der Waals surface area contributed by atoms with Crippen molar-refractivity contribution in [3.8, 4) is 0 Å². The topological polar surface area (TPSA) is 15.8 Å². The van der Waals surface area contributed by atoms with E-state index in [9.17, 15) is 0 Å². The van der Waals surface area contributed by atoms with E-state index in [0.717, 1.165) is 0 Å². The van der Waals surface area contributed by atoms with Gasteiger partial charge in [-0.25, -0.2) is 0 Å². The molecule has 4 rings (SSSR count). The molecular weight excluding hydrogens is 254 g/mol. The van der Waals surface area contributed by atoms with Crippen molar-refractivity contribution in [1.29, 1.82) is 0 Å². The van der Waals surface area contributed by atoms with Crippen LogP contribution in [0.2, 0.25) is 0 Å². The Labute approximate surface area is 105 Å². The van der Waals surface area contributed by atoms with Crippen molar-refractivity contribution in [2.75, 3.05) is 0 Å². The van der Waals surface area contributed by atoms with E-state index in [1.807, 2.05) is 6.20 Å². The van der Waals surface area contributed by atoms with E-state index in [0.29, 0.717) is 0 Å². The van der Waals surface area contributed by atoms with E-state index in [4.69, 9.17) is 0 Å². The van der Waals surface area contributed by atoms with Gasteiger partial charge in [0, 0.05) is 15.6 Å². The van der Waals surface area contributed by atoms with Crippen LogP contribution in [0.25, 0.3) is 19.6 Å². The lowest BCUT2D eigenvalue weighted by molar-refractivity contribution is 1.48. The van der Waals surface area contributed by atoms with Crippen LogP contribution in [-0.2, 0) is 0 Å². The highest BCUT2D eigenvalue weighted by Gasteiger charge is 1.91. The van der Waals surface area contributed by atoms with E-state index in [1.165, 1.54) is 19.6 Å². The van der Waals surface area contributed by atoms with E-state index in [-0.39, 0.29) is 0 Å². The third kappa shape index (κ3) is 1.91. The molecule has 0 fully saturated rings. The molecule has 0 amide bonds. The summed E-state index contributed by atoms with van der Waals surface area (Å²) in [5.74, 6) is 0. The second-order valence-electron chi connectivity index (χ2n) is 3.25. The van der Waals surface area contributed by atoms with Gasteiger partial charge >= 0.3 is 0 Å². The first-order valence-corrected chi connectivity index (χ1v) is 7.49. The number of hydrogen-bond acceptors (Lipinski definition) is 3. The molecule has 0 radical (unpaired) electrons. The van der Waals surface area contributed by atoms with E-state index in [1.54, 1.807) is 34.0 Å². The molecule has 1 N–H and O–H groups in total. The molecule has 80 valence electrons. The van der Waals surface area contributed by atoms with Gasteiger partial charge in [-0.15, -0.1) is 34.0 Å². The second-order valence-corrected chi connectivity index (χ2v) is 6.09. The summed E-state index contributed by atoms with van der Waals surface area (Å²) in [6.45, 7) is 0. The minimum atomic E-state index is 1.25. The molecule has 0 aromatic carbocycles. The molecule has 4 heteroatoms. The van der Waals surface area contributed by atoms with Gasteiger partial charge in [0.1, 0.15) is 0 Å². The smallest absolute Gasteiger partial charge is 0.0563 e. The fourth-order valence-electron chi connectivity index (χ4n) is 1.47. The number of aromatic nitrogens is 1. The molecule has 4 aromatic heterocycles.